The van der Waals surface area contributed by atoms with Crippen LogP contribution in [0.3, 0.4) is 0 Å². The standard InChI is InChI=1S/C13H11ClN4/c1-8-4-3-5-11(14)12(8)18-13-16-9(2)6-10(7-15)17-13/h3-6H,1-2H3,(H,16,17,18). The van der Waals surface area contributed by atoms with E-state index in [1.54, 1.807) is 12.1 Å². The Hall–Kier alpha value is -2.12. The van der Waals surface area contributed by atoms with E-state index in [4.69, 9.17) is 16.9 Å². The largest absolute Gasteiger partial charge is 0.323 e. The number of nitrogens with zero attached hydrogens (tertiary/aromatic N) is 3. The third kappa shape index (κ3) is 2.58. The smallest absolute Gasteiger partial charge is 0.228 e. The van der Waals surface area contributed by atoms with Gasteiger partial charge < -0.3 is 5.32 Å². The molecule has 1 aromatic carbocycles. The summed E-state index contributed by atoms with van der Waals surface area (Å²) in [6.07, 6.45) is 0. The molecule has 1 N–H and O–H groups in total. The van der Waals surface area contributed by atoms with E-state index < -0.39 is 0 Å². The van der Waals surface area contributed by atoms with Gasteiger partial charge in [0.1, 0.15) is 11.8 Å². The Morgan fingerprint density at radius 2 is 2.06 bits per heavy atom. The van der Waals surface area contributed by atoms with Crippen molar-refractivity contribution in [3.8, 4) is 6.07 Å². The van der Waals surface area contributed by atoms with Crippen molar-refractivity contribution in [2.24, 2.45) is 0 Å². The van der Waals surface area contributed by atoms with Crippen LogP contribution in [0, 0.1) is 25.2 Å². The quantitative estimate of drug-likeness (QED) is 0.897. The highest BCUT2D eigenvalue weighted by atomic mass is 35.5. The van der Waals surface area contributed by atoms with Gasteiger partial charge in [0, 0.05) is 5.69 Å². The van der Waals surface area contributed by atoms with E-state index in [0.29, 0.717) is 16.7 Å². The van der Waals surface area contributed by atoms with Gasteiger partial charge in [0.25, 0.3) is 0 Å². The Morgan fingerprint density at radius 1 is 1.28 bits per heavy atom. The number of hydrogen-bond acceptors (Lipinski definition) is 4. The molecular weight excluding hydrogens is 248 g/mol. The molecule has 2 aromatic rings. The molecule has 4 nitrogen and oxygen atoms in total. The van der Waals surface area contributed by atoms with E-state index in [9.17, 15) is 0 Å². The molecule has 0 aliphatic carbocycles. The van der Waals surface area contributed by atoms with Gasteiger partial charge in [0.2, 0.25) is 5.95 Å². The Labute approximate surface area is 110 Å². The Bertz CT molecular complexity index is 611. The van der Waals surface area contributed by atoms with Crippen molar-refractivity contribution in [3.05, 3.63) is 46.2 Å². The molecule has 0 aliphatic heterocycles. The van der Waals surface area contributed by atoms with Crippen molar-refractivity contribution in [2.45, 2.75) is 13.8 Å². The van der Waals surface area contributed by atoms with E-state index >= 15 is 0 Å². The fraction of sp³-hybridized carbons (Fsp3) is 0.154. The normalized spacial score (nSPS) is 9.89. The monoisotopic (exact) mass is 258 g/mol. The summed E-state index contributed by atoms with van der Waals surface area (Å²) in [5.41, 5.74) is 2.81. The Balaban J connectivity index is 2.40. The van der Waals surface area contributed by atoms with Crippen LogP contribution in [0.5, 0.6) is 0 Å². The number of hydrogen-bond donors (Lipinski definition) is 1. The van der Waals surface area contributed by atoms with Crippen LogP contribution in [0.15, 0.2) is 24.3 Å². The van der Waals surface area contributed by atoms with Gasteiger partial charge in [-0.15, -0.1) is 0 Å². The number of aryl methyl sites for hydroxylation is 2. The molecule has 2 rings (SSSR count). The van der Waals surface area contributed by atoms with Gasteiger partial charge in [-0.1, -0.05) is 23.7 Å². The maximum atomic E-state index is 8.87. The molecule has 90 valence electrons. The van der Waals surface area contributed by atoms with Gasteiger partial charge in [-0.25, -0.2) is 9.97 Å². The first-order valence-electron chi connectivity index (χ1n) is 5.38. The zero-order valence-electron chi connectivity index (χ0n) is 10.0. The summed E-state index contributed by atoms with van der Waals surface area (Å²) in [5.74, 6) is 0.378. The number of benzene rings is 1. The van der Waals surface area contributed by atoms with Crippen LogP contribution in [0.4, 0.5) is 11.6 Å². The number of nitriles is 1. The summed E-state index contributed by atoms with van der Waals surface area (Å²) < 4.78 is 0. The highest BCUT2D eigenvalue weighted by molar-refractivity contribution is 6.33. The van der Waals surface area contributed by atoms with E-state index in [0.717, 1.165) is 16.9 Å². The first-order chi connectivity index (χ1) is 8.60. The predicted molar refractivity (Wildman–Crippen MR) is 71.0 cm³/mol. The van der Waals surface area contributed by atoms with E-state index in [-0.39, 0.29) is 0 Å². The molecule has 1 heterocycles. The first kappa shape index (κ1) is 12.3. The molecule has 0 radical (unpaired) electrons. The first-order valence-corrected chi connectivity index (χ1v) is 5.76. The lowest BCUT2D eigenvalue weighted by atomic mass is 10.2. The topological polar surface area (TPSA) is 61.6 Å². The molecule has 0 atom stereocenters. The number of nitrogens with one attached hydrogen (secondary N) is 1. The van der Waals surface area contributed by atoms with Crippen LogP contribution in [0.25, 0.3) is 0 Å². The highest BCUT2D eigenvalue weighted by Gasteiger charge is 2.07. The van der Waals surface area contributed by atoms with Gasteiger partial charge in [0.05, 0.1) is 10.7 Å². The Kier molecular flexibility index (Phi) is 3.45. The lowest BCUT2D eigenvalue weighted by molar-refractivity contribution is 1.08. The second-order valence-corrected chi connectivity index (χ2v) is 4.29. The summed E-state index contributed by atoms with van der Waals surface area (Å²) in [5, 5.41) is 12.5. The maximum Gasteiger partial charge on any atom is 0.228 e. The molecular formula is C13H11ClN4. The maximum absolute atomic E-state index is 8.87. The third-order valence-corrected chi connectivity index (χ3v) is 2.74. The van der Waals surface area contributed by atoms with E-state index in [2.05, 4.69) is 15.3 Å². The molecule has 0 aliphatic rings. The minimum absolute atomic E-state index is 0.328. The molecule has 0 spiro atoms. The summed E-state index contributed by atoms with van der Waals surface area (Å²) in [4.78, 5) is 8.31. The number of para-hydroxylation sites is 1. The number of rotatable bonds is 2. The molecule has 1 aromatic heterocycles. The number of anilines is 2. The SMILES string of the molecule is Cc1cc(C#N)nc(Nc2c(C)cccc2Cl)n1. The van der Waals surface area contributed by atoms with Crippen molar-refractivity contribution in [1.29, 1.82) is 5.26 Å². The number of aromatic nitrogens is 2. The summed E-state index contributed by atoms with van der Waals surface area (Å²) in [6, 6.07) is 9.23. The fourth-order valence-corrected chi connectivity index (χ4v) is 1.85. The van der Waals surface area contributed by atoms with Crippen LogP contribution >= 0.6 is 11.6 Å². The van der Waals surface area contributed by atoms with Crippen molar-refractivity contribution in [2.75, 3.05) is 5.32 Å². The molecule has 0 saturated heterocycles. The Morgan fingerprint density at radius 3 is 2.72 bits per heavy atom. The van der Waals surface area contributed by atoms with Crippen LogP contribution in [-0.4, -0.2) is 9.97 Å². The van der Waals surface area contributed by atoms with Gasteiger partial charge >= 0.3 is 0 Å². The average molecular weight is 259 g/mol. The van der Waals surface area contributed by atoms with Crippen LogP contribution in [0.2, 0.25) is 5.02 Å². The highest BCUT2D eigenvalue weighted by Crippen LogP contribution is 2.27. The second kappa shape index (κ2) is 5.03. The average Bonchev–Trinajstić information content (AvgIpc) is 2.33. The van der Waals surface area contributed by atoms with Crippen molar-refractivity contribution >= 4 is 23.2 Å². The zero-order chi connectivity index (χ0) is 13.1. The predicted octanol–water partition coefficient (Wildman–Crippen LogP) is 3.36. The van der Waals surface area contributed by atoms with E-state index in [1.807, 2.05) is 32.0 Å². The van der Waals surface area contributed by atoms with Crippen molar-refractivity contribution in [3.63, 3.8) is 0 Å². The molecule has 0 amide bonds. The minimum atomic E-state index is 0.328. The second-order valence-electron chi connectivity index (χ2n) is 3.89. The van der Waals surface area contributed by atoms with Gasteiger partial charge in [0.15, 0.2) is 0 Å². The van der Waals surface area contributed by atoms with Crippen LogP contribution in [-0.2, 0) is 0 Å². The molecule has 18 heavy (non-hydrogen) atoms. The lowest BCUT2D eigenvalue weighted by Crippen LogP contribution is -2.02. The third-order valence-electron chi connectivity index (χ3n) is 2.43. The molecule has 5 heteroatoms. The van der Waals surface area contributed by atoms with Gasteiger partial charge in [-0.05, 0) is 31.5 Å². The lowest BCUT2D eigenvalue weighted by Gasteiger charge is -2.10. The molecule has 0 saturated carbocycles. The van der Waals surface area contributed by atoms with Crippen molar-refractivity contribution < 1.29 is 0 Å². The minimum Gasteiger partial charge on any atom is -0.323 e. The van der Waals surface area contributed by atoms with Gasteiger partial charge in [-0.3, -0.25) is 0 Å². The fourth-order valence-electron chi connectivity index (χ4n) is 1.58. The van der Waals surface area contributed by atoms with Crippen LogP contribution < -0.4 is 5.32 Å². The van der Waals surface area contributed by atoms with Gasteiger partial charge in [-0.2, -0.15) is 5.26 Å². The van der Waals surface area contributed by atoms with Crippen LogP contribution in [0.1, 0.15) is 17.0 Å². The molecule has 0 bridgehead atoms. The van der Waals surface area contributed by atoms with E-state index in [1.165, 1.54) is 0 Å². The summed E-state index contributed by atoms with van der Waals surface area (Å²) >= 11 is 6.11. The zero-order valence-corrected chi connectivity index (χ0v) is 10.8. The molecule has 0 fully saturated rings. The number of halogens is 1. The summed E-state index contributed by atoms with van der Waals surface area (Å²) in [7, 11) is 0. The van der Waals surface area contributed by atoms with Crippen molar-refractivity contribution in [1.82, 2.24) is 9.97 Å². The molecule has 0 unspecified atom stereocenters. The summed E-state index contributed by atoms with van der Waals surface area (Å²) in [6.45, 7) is 3.75.